The molecule has 0 aromatic heterocycles. The highest BCUT2D eigenvalue weighted by atomic mass is 32.2. The van der Waals surface area contributed by atoms with Crippen LogP contribution in [0.2, 0.25) is 0 Å². The zero-order valence-electron chi connectivity index (χ0n) is 7.40. The zero-order chi connectivity index (χ0) is 10.3. The molecule has 0 saturated heterocycles. The highest BCUT2D eigenvalue weighted by Crippen LogP contribution is 2.33. The highest BCUT2D eigenvalue weighted by Gasteiger charge is 2.39. The van der Waals surface area contributed by atoms with Crippen molar-refractivity contribution in [1.82, 2.24) is 0 Å². The summed E-state index contributed by atoms with van der Waals surface area (Å²) in [5, 5.41) is 8.16. The summed E-state index contributed by atoms with van der Waals surface area (Å²) < 4.78 is 36.5. The Balaban J connectivity index is 3.90. The lowest BCUT2D eigenvalue weighted by molar-refractivity contribution is -0.129. The Morgan fingerprint density at radius 3 is 2.38 bits per heavy atom. The van der Waals surface area contributed by atoms with E-state index in [9.17, 15) is 13.2 Å². The summed E-state index contributed by atoms with van der Waals surface area (Å²) in [5.74, 6) is 0. The minimum Gasteiger partial charge on any atom is -0.185 e. The number of thiocyanates is 1. The second kappa shape index (κ2) is 6.14. The second-order valence-electron chi connectivity index (χ2n) is 2.74. The molecule has 0 bridgehead atoms. The summed E-state index contributed by atoms with van der Waals surface area (Å²) >= 11 is 0.314. The average Bonchev–Trinajstić information content (AvgIpc) is 2.01. The van der Waals surface area contributed by atoms with Gasteiger partial charge >= 0.3 is 6.18 Å². The van der Waals surface area contributed by atoms with Crippen LogP contribution in [-0.2, 0) is 0 Å². The number of unbranched alkanes of at least 4 members (excludes halogenated alkanes) is 2. The van der Waals surface area contributed by atoms with Crippen molar-refractivity contribution in [1.29, 1.82) is 5.26 Å². The van der Waals surface area contributed by atoms with Crippen LogP contribution in [0.3, 0.4) is 0 Å². The Kier molecular flexibility index (Phi) is 5.97. The standard InChI is InChI=1S/C8H12F3NS/c1-2-3-4-5-7(13-6-12)8(9,10)11/h7H,2-5H2,1H3. The molecule has 0 N–H and O–H groups in total. The summed E-state index contributed by atoms with van der Waals surface area (Å²) in [4.78, 5) is 0. The molecule has 0 saturated carbocycles. The number of nitrogens with zero attached hydrogens (tertiary/aromatic N) is 1. The van der Waals surface area contributed by atoms with Crippen LogP contribution in [0.5, 0.6) is 0 Å². The molecule has 13 heavy (non-hydrogen) atoms. The molecule has 0 radical (unpaired) electrons. The molecular weight excluding hydrogens is 199 g/mol. The van der Waals surface area contributed by atoms with Gasteiger partial charge in [-0.3, -0.25) is 0 Å². The number of halogens is 3. The third kappa shape index (κ3) is 5.81. The zero-order valence-corrected chi connectivity index (χ0v) is 8.21. The van der Waals surface area contributed by atoms with E-state index in [0.717, 1.165) is 12.8 Å². The Bertz CT molecular complexity index is 173. The van der Waals surface area contributed by atoms with Gasteiger partial charge in [0.15, 0.2) is 0 Å². The molecule has 0 rings (SSSR count). The van der Waals surface area contributed by atoms with E-state index < -0.39 is 11.4 Å². The van der Waals surface area contributed by atoms with Gasteiger partial charge in [0.25, 0.3) is 0 Å². The second-order valence-corrected chi connectivity index (χ2v) is 3.72. The highest BCUT2D eigenvalue weighted by molar-refractivity contribution is 8.04. The Morgan fingerprint density at radius 1 is 1.38 bits per heavy atom. The maximum absolute atomic E-state index is 12.2. The fourth-order valence-corrected chi connectivity index (χ4v) is 1.48. The molecule has 0 aliphatic heterocycles. The summed E-state index contributed by atoms with van der Waals surface area (Å²) in [6.07, 6.45) is -1.97. The number of hydrogen-bond donors (Lipinski definition) is 0. The minimum atomic E-state index is -4.24. The van der Waals surface area contributed by atoms with Gasteiger partial charge in [-0.2, -0.15) is 18.4 Å². The summed E-state index contributed by atoms with van der Waals surface area (Å²) in [7, 11) is 0. The van der Waals surface area contributed by atoms with Crippen molar-refractivity contribution < 1.29 is 13.2 Å². The van der Waals surface area contributed by atoms with E-state index in [-0.39, 0.29) is 6.42 Å². The third-order valence-electron chi connectivity index (χ3n) is 1.63. The van der Waals surface area contributed by atoms with E-state index in [1.54, 1.807) is 0 Å². The summed E-state index contributed by atoms with van der Waals surface area (Å²) in [6, 6.07) is 0. The van der Waals surface area contributed by atoms with E-state index in [2.05, 4.69) is 0 Å². The molecule has 0 aromatic rings. The summed E-state index contributed by atoms with van der Waals surface area (Å²) in [6.45, 7) is 1.93. The molecule has 1 unspecified atom stereocenters. The Labute approximate surface area is 80.3 Å². The van der Waals surface area contributed by atoms with Gasteiger partial charge < -0.3 is 0 Å². The van der Waals surface area contributed by atoms with Crippen LogP contribution in [-0.4, -0.2) is 11.4 Å². The lowest BCUT2D eigenvalue weighted by Gasteiger charge is -2.15. The summed E-state index contributed by atoms with van der Waals surface area (Å²) in [5.41, 5.74) is 0. The van der Waals surface area contributed by atoms with Crippen molar-refractivity contribution in [2.45, 2.75) is 44.0 Å². The number of alkyl halides is 3. The van der Waals surface area contributed by atoms with E-state index in [0.29, 0.717) is 18.2 Å². The van der Waals surface area contributed by atoms with E-state index in [1.165, 1.54) is 5.40 Å². The molecule has 0 heterocycles. The molecule has 0 amide bonds. The predicted octanol–water partition coefficient (Wildman–Crippen LogP) is 3.71. The third-order valence-corrected chi connectivity index (χ3v) is 2.52. The number of nitriles is 1. The molecule has 1 atom stereocenters. The maximum atomic E-state index is 12.2. The topological polar surface area (TPSA) is 23.8 Å². The first kappa shape index (κ1) is 12.6. The smallest absolute Gasteiger partial charge is 0.185 e. The van der Waals surface area contributed by atoms with Gasteiger partial charge in [0.2, 0.25) is 0 Å². The molecule has 0 aromatic carbocycles. The van der Waals surface area contributed by atoms with Crippen molar-refractivity contribution >= 4 is 11.8 Å². The first-order valence-corrected chi connectivity index (χ1v) is 5.01. The first-order chi connectivity index (χ1) is 6.02. The van der Waals surface area contributed by atoms with Crippen molar-refractivity contribution in [3.05, 3.63) is 0 Å². The van der Waals surface area contributed by atoms with Gasteiger partial charge in [0, 0.05) is 0 Å². The van der Waals surface area contributed by atoms with Crippen molar-refractivity contribution in [2.24, 2.45) is 0 Å². The molecule has 0 fully saturated rings. The van der Waals surface area contributed by atoms with Crippen LogP contribution in [0.25, 0.3) is 0 Å². The van der Waals surface area contributed by atoms with Gasteiger partial charge in [-0.25, -0.2) is 0 Å². The molecule has 1 nitrogen and oxygen atoms in total. The van der Waals surface area contributed by atoms with E-state index in [1.807, 2.05) is 6.92 Å². The fourth-order valence-electron chi connectivity index (χ4n) is 0.933. The van der Waals surface area contributed by atoms with E-state index in [4.69, 9.17) is 5.26 Å². The van der Waals surface area contributed by atoms with Crippen LogP contribution >= 0.6 is 11.8 Å². The molecule has 0 aliphatic rings. The lowest BCUT2D eigenvalue weighted by atomic mass is 10.1. The fraction of sp³-hybridized carbons (Fsp3) is 0.875. The normalized spacial score (nSPS) is 13.8. The molecule has 0 aliphatic carbocycles. The van der Waals surface area contributed by atoms with Gasteiger partial charge in [-0.15, -0.1) is 0 Å². The molecule has 5 heteroatoms. The minimum absolute atomic E-state index is 0.0512. The van der Waals surface area contributed by atoms with Crippen molar-refractivity contribution in [2.75, 3.05) is 0 Å². The van der Waals surface area contributed by atoms with Gasteiger partial charge in [-0.05, 0) is 18.2 Å². The van der Waals surface area contributed by atoms with Crippen LogP contribution in [0.4, 0.5) is 13.2 Å². The Morgan fingerprint density at radius 2 is 2.00 bits per heavy atom. The first-order valence-electron chi connectivity index (χ1n) is 4.13. The predicted molar refractivity (Wildman–Crippen MR) is 47.2 cm³/mol. The van der Waals surface area contributed by atoms with Crippen LogP contribution in [0, 0.1) is 10.7 Å². The number of hydrogen-bond acceptors (Lipinski definition) is 2. The molecule has 0 spiro atoms. The van der Waals surface area contributed by atoms with Gasteiger partial charge in [0.1, 0.15) is 10.7 Å². The number of thioether (sulfide) groups is 1. The Hall–Kier alpha value is -0.370. The van der Waals surface area contributed by atoms with Crippen molar-refractivity contribution in [3.63, 3.8) is 0 Å². The van der Waals surface area contributed by atoms with Crippen molar-refractivity contribution in [3.8, 4) is 5.40 Å². The van der Waals surface area contributed by atoms with Gasteiger partial charge in [0.05, 0.1) is 0 Å². The average molecular weight is 211 g/mol. The quantitative estimate of drug-likeness (QED) is 0.511. The molecule has 76 valence electrons. The van der Waals surface area contributed by atoms with Crippen LogP contribution in [0.15, 0.2) is 0 Å². The molecular formula is C8H12F3NS. The maximum Gasteiger partial charge on any atom is 0.401 e. The van der Waals surface area contributed by atoms with Crippen LogP contribution < -0.4 is 0 Å². The monoisotopic (exact) mass is 211 g/mol. The largest absolute Gasteiger partial charge is 0.401 e. The lowest BCUT2D eigenvalue weighted by Crippen LogP contribution is -2.25. The number of rotatable bonds is 5. The van der Waals surface area contributed by atoms with Gasteiger partial charge in [-0.1, -0.05) is 26.2 Å². The SMILES string of the molecule is CCCCCC(SC#N)C(F)(F)F. The van der Waals surface area contributed by atoms with Crippen LogP contribution in [0.1, 0.15) is 32.6 Å². The van der Waals surface area contributed by atoms with E-state index >= 15 is 0 Å².